The lowest BCUT2D eigenvalue weighted by molar-refractivity contribution is -0.300. The number of aliphatic carboxylic acids is 1. The molecule has 10 N–H and O–H groups in total. The highest BCUT2D eigenvalue weighted by Gasteiger charge is 2.55. The third-order valence-electron chi connectivity index (χ3n) is 4.07. The van der Waals surface area contributed by atoms with Gasteiger partial charge < -0.3 is 50.7 Å². The number of carbonyl (C=O) groups is 1. The van der Waals surface area contributed by atoms with E-state index in [-0.39, 0.29) is 27.8 Å². The van der Waals surface area contributed by atoms with Crippen molar-refractivity contribution in [3.05, 3.63) is 40.8 Å². The Labute approximate surface area is 157 Å². The lowest BCUT2D eigenvalue weighted by Gasteiger charge is -2.44. The summed E-state index contributed by atoms with van der Waals surface area (Å²) in [6.45, 7) is 1.04. The summed E-state index contributed by atoms with van der Waals surface area (Å²) < 4.78 is 15.5. The first-order valence-corrected chi connectivity index (χ1v) is 7.37. The summed E-state index contributed by atoms with van der Waals surface area (Å²) in [5, 5.41) is 39.9. The summed E-state index contributed by atoms with van der Waals surface area (Å²) in [7, 11) is 0. The molecule has 1 aliphatic heterocycles. The second-order valence-electron chi connectivity index (χ2n) is 5.96. The monoisotopic (exact) mass is 406 g/mol. The highest BCUT2D eigenvalue weighted by molar-refractivity contribution is 5.77. The SMILES string of the molecule is C[C@@]1(O)[C@@H](C(=O)O)O[C@@H](Oc2ccc3ccc(=O)oc3c2)[C@H](O)[C@H]1O.O.O.O. The Balaban J connectivity index is 0.00000243. The molecule has 5 atom stereocenters. The zero-order chi connectivity index (χ0) is 18.4. The number of carboxylic acids is 1. The zero-order valence-corrected chi connectivity index (χ0v) is 14.5. The van der Waals surface area contributed by atoms with Gasteiger partial charge in [-0.3, -0.25) is 0 Å². The Bertz CT molecular complexity index is 860. The van der Waals surface area contributed by atoms with Crippen molar-refractivity contribution in [3.63, 3.8) is 0 Å². The summed E-state index contributed by atoms with van der Waals surface area (Å²) in [6, 6.07) is 7.25. The molecule has 0 unspecified atom stereocenters. The number of ether oxygens (including phenoxy) is 2. The van der Waals surface area contributed by atoms with E-state index >= 15 is 0 Å². The first-order chi connectivity index (χ1) is 11.7. The molecule has 1 aliphatic rings. The summed E-state index contributed by atoms with van der Waals surface area (Å²) in [6.07, 6.45) is -6.88. The van der Waals surface area contributed by atoms with Gasteiger partial charge in [0.1, 0.15) is 29.1 Å². The summed E-state index contributed by atoms with van der Waals surface area (Å²) in [5.74, 6) is -1.40. The second kappa shape index (κ2) is 9.07. The third-order valence-corrected chi connectivity index (χ3v) is 4.07. The first kappa shape index (κ1) is 25.4. The largest absolute Gasteiger partial charge is 0.479 e. The Morgan fingerprint density at radius 2 is 1.75 bits per heavy atom. The van der Waals surface area contributed by atoms with Crippen LogP contribution in [0.5, 0.6) is 5.75 Å². The zero-order valence-electron chi connectivity index (χ0n) is 14.5. The number of hydrogen-bond donors (Lipinski definition) is 4. The van der Waals surface area contributed by atoms with Crippen LogP contribution in [0.1, 0.15) is 6.92 Å². The fraction of sp³-hybridized carbons (Fsp3) is 0.375. The van der Waals surface area contributed by atoms with Crippen LogP contribution in [0.4, 0.5) is 0 Å². The molecular weight excluding hydrogens is 384 g/mol. The number of fused-ring (bicyclic) bond motifs is 1. The molecule has 12 nitrogen and oxygen atoms in total. The maximum atomic E-state index is 11.3. The standard InChI is InChI=1S/C16H16O9.3H2O/c1-16(22)12(19)11(18)15(25-13(16)14(20)21)23-8-4-2-7-3-5-10(17)24-9(7)6-8;;;/h2-6,11-13,15,18-19,22H,1H3,(H,20,21);3*1H2/t11-,12-,13-,15-,16+;;;/m1.../s1. The van der Waals surface area contributed by atoms with E-state index in [4.69, 9.17) is 19.0 Å². The Morgan fingerprint density at radius 1 is 1.14 bits per heavy atom. The van der Waals surface area contributed by atoms with Gasteiger partial charge in [-0.15, -0.1) is 0 Å². The topological polar surface area (TPSA) is 241 Å². The Kier molecular flexibility index (Phi) is 8.24. The average Bonchev–Trinajstić information content (AvgIpc) is 2.55. The molecule has 1 aromatic carbocycles. The number of carboxylic acid groups (broad SMARTS) is 1. The minimum atomic E-state index is -2.21. The fourth-order valence-corrected chi connectivity index (χ4v) is 2.66. The van der Waals surface area contributed by atoms with Gasteiger partial charge >= 0.3 is 11.6 Å². The van der Waals surface area contributed by atoms with Crippen LogP contribution < -0.4 is 10.4 Å². The number of hydrogen-bond acceptors (Lipinski definition) is 8. The predicted molar refractivity (Wildman–Crippen MR) is 92.9 cm³/mol. The molecule has 0 saturated carbocycles. The fourth-order valence-electron chi connectivity index (χ4n) is 2.66. The van der Waals surface area contributed by atoms with Crippen molar-refractivity contribution in [3.8, 4) is 5.75 Å². The maximum Gasteiger partial charge on any atom is 0.336 e. The Morgan fingerprint density at radius 3 is 2.36 bits per heavy atom. The van der Waals surface area contributed by atoms with Gasteiger partial charge in [0.05, 0.1) is 0 Å². The molecule has 2 heterocycles. The molecule has 1 saturated heterocycles. The van der Waals surface area contributed by atoms with Crippen molar-refractivity contribution >= 4 is 16.9 Å². The van der Waals surface area contributed by atoms with E-state index in [0.717, 1.165) is 6.92 Å². The van der Waals surface area contributed by atoms with Gasteiger partial charge in [-0.25, -0.2) is 9.59 Å². The van der Waals surface area contributed by atoms with Crippen molar-refractivity contribution in [2.75, 3.05) is 0 Å². The average molecular weight is 406 g/mol. The van der Waals surface area contributed by atoms with Crippen LogP contribution >= 0.6 is 0 Å². The van der Waals surface area contributed by atoms with Gasteiger partial charge in [-0.2, -0.15) is 0 Å². The maximum absolute atomic E-state index is 11.3. The number of aliphatic hydroxyl groups is 3. The van der Waals surface area contributed by atoms with Gasteiger partial charge in [0.25, 0.3) is 0 Å². The van der Waals surface area contributed by atoms with Gasteiger partial charge in [-0.1, -0.05) is 0 Å². The molecule has 0 amide bonds. The second-order valence-corrected chi connectivity index (χ2v) is 5.96. The summed E-state index contributed by atoms with van der Waals surface area (Å²) in [5.41, 5.74) is -2.55. The van der Waals surface area contributed by atoms with Crippen LogP contribution in [0.3, 0.4) is 0 Å². The molecule has 1 fully saturated rings. The van der Waals surface area contributed by atoms with Gasteiger partial charge in [-0.05, 0) is 25.1 Å². The lowest BCUT2D eigenvalue weighted by atomic mass is 9.86. The highest BCUT2D eigenvalue weighted by atomic mass is 16.7. The first-order valence-electron chi connectivity index (χ1n) is 7.37. The molecule has 1 aromatic heterocycles. The van der Waals surface area contributed by atoms with E-state index in [1.54, 1.807) is 12.1 Å². The highest BCUT2D eigenvalue weighted by Crippen LogP contribution is 2.32. The molecule has 2 aromatic rings. The molecule has 12 heteroatoms. The normalized spacial score (nSPS) is 29.0. The molecular formula is C16H22O12. The molecule has 3 rings (SSSR count). The minimum absolute atomic E-state index is 0. The smallest absolute Gasteiger partial charge is 0.336 e. The summed E-state index contributed by atoms with van der Waals surface area (Å²) in [4.78, 5) is 22.5. The van der Waals surface area contributed by atoms with E-state index in [1.165, 1.54) is 18.2 Å². The van der Waals surface area contributed by atoms with Crippen LogP contribution in [0, 0.1) is 0 Å². The molecule has 0 spiro atoms. The molecule has 0 aliphatic carbocycles. The predicted octanol–water partition coefficient (Wildman–Crippen LogP) is -3.02. The van der Waals surface area contributed by atoms with Gasteiger partial charge in [0.2, 0.25) is 6.29 Å². The molecule has 158 valence electrons. The van der Waals surface area contributed by atoms with E-state index in [1.807, 2.05) is 0 Å². The van der Waals surface area contributed by atoms with Crippen LogP contribution in [-0.4, -0.2) is 73.0 Å². The van der Waals surface area contributed by atoms with Gasteiger partial charge in [0, 0.05) is 17.5 Å². The van der Waals surface area contributed by atoms with E-state index in [9.17, 15) is 24.9 Å². The summed E-state index contributed by atoms with van der Waals surface area (Å²) >= 11 is 0. The molecule has 0 bridgehead atoms. The lowest BCUT2D eigenvalue weighted by Crippen LogP contribution is -2.67. The van der Waals surface area contributed by atoms with Crippen molar-refractivity contribution in [1.82, 2.24) is 0 Å². The van der Waals surface area contributed by atoms with Crippen LogP contribution in [0.25, 0.3) is 11.0 Å². The van der Waals surface area contributed by atoms with Crippen molar-refractivity contribution in [1.29, 1.82) is 0 Å². The van der Waals surface area contributed by atoms with Gasteiger partial charge in [0.15, 0.2) is 6.10 Å². The quantitative estimate of drug-likeness (QED) is 0.378. The Hall–Kier alpha value is -2.58. The number of rotatable bonds is 3. The minimum Gasteiger partial charge on any atom is -0.479 e. The third kappa shape index (κ3) is 4.45. The van der Waals surface area contributed by atoms with Crippen LogP contribution in [-0.2, 0) is 9.53 Å². The molecule has 0 radical (unpaired) electrons. The number of benzene rings is 1. The van der Waals surface area contributed by atoms with Crippen molar-refractivity contribution in [2.45, 2.75) is 37.1 Å². The van der Waals surface area contributed by atoms with E-state index in [2.05, 4.69) is 0 Å². The van der Waals surface area contributed by atoms with Crippen LogP contribution in [0.2, 0.25) is 0 Å². The van der Waals surface area contributed by atoms with Crippen molar-refractivity contribution < 1.29 is 55.5 Å². The van der Waals surface area contributed by atoms with Crippen LogP contribution in [0.15, 0.2) is 39.5 Å². The molecule has 28 heavy (non-hydrogen) atoms. The number of aliphatic hydroxyl groups excluding tert-OH is 2. The van der Waals surface area contributed by atoms with E-state index in [0.29, 0.717) is 5.39 Å². The van der Waals surface area contributed by atoms with E-state index < -0.39 is 41.8 Å². The van der Waals surface area contributed by atoms with Crippen molar-refractivity contribution in [2.24, 2.45) is 0 Å².